The molecule has 0 radical (unpaired) electrons. The van der Waals surface area contributed by atoms with Gasteiger partial charge >= 0.3 is 0 Å². The maximum absolute atomic E-state index is 11.9. The molecule has 7 heteroatoms. The van der Waals surface area contributed by atoms with Crippen molar-refractivity contribution in [3.05, 3.63) is 29.7 Å². The summed E-state index contributed by atoms with van der Waals surface area (Å²) in [6, 6.07) is 5.49. The fourth-order valence-electron chi connectivity index (χ4n) is 2.83. The number of amides is 1. The first-order valence-electron chi connectivity index (χ1n) is 8.17. The number of rotatable bonds is 5. The van der Waals surface area contributed by atoms with E-state index in [2.05, 4.69) is 9.88 Å². The number of hydrogen-bond donors (Lipinski definition) is 0. The molecule has 0 N–H and O–H groups in total. The zero-order chi connectivity index (χ0) is 18.0. The second kappa shape index (κ2) is 7.14. The van der Waals surface area contributed by atoms with Gasteiger partial charge in [0.25, 0.3) is 0 Å². The Morgan fingerprint density at radius 1 is 1.24 bits per heavy atom. The van der Waals surface area contributed by atoms with E-state index < -0.39 is 0 Å². The second-order valence-electron chi connectivity index (χ2n) is 6.11. The molecule has 1 aromatic carbocycles. The zero-order valence-corrected chi connectivity index (χ0v) is 15.0. The highest BCUT2D eigenvalue weighted by Crippen LogP contribution is 2.34. The molecular formula is C18H23N3O4. The number of benzene rings is 1. The van der Waals surface area contributed by atoms with Crippen molar-refractivity contribution in [2.45, 2.75) is 13.5 Å². The van der Waals surface area contributed by atoms with E-state index in [4.69, 9.17) is 13.9 Å². The molecule has 2 heterocycles. The lowest BCUT2D eigenvalue weighted by Crippen LogP contribution is -2.48. The van der Waals surface area contributed by atoms with Crippen molar-refractivity contribution in [3.63, 3.8) is 0 Å². The average Bonchev–Trinajstić information content (AvgIpc) is 2.98. The summed E-state index contributed by atoms with van der Waals surface area (Å²) in [4.78, 5) is 20.3. The molecule has 0 atom stereocenters. The summed E-state index contributed by atoms with van der Waals surface area (Å²) in [6.07, 6.45) is 0. The summed E-state index contributed by atoms with van der Waals surface area (Å²) in [5.74, 6) is 2.73. The molecule has 25 heavy (non-hydrogen) atoms. The van der Waals surface area contributed by atoms with Crippen LogP contribution >= 0.6 is 0 Å². The highest BCUT2D eigenvalue weighted by Gasteiger charge is 2.23. The van der Waals surface area contributed by atoms with Crippen LogP contribution in [0.2, 0.25) is 0 Å². The van der Waals surface area contributed by atoms with Crippen LogP contribution in [0.25, 0.3) is 11.5 Å². The standard InChI is InChI=1S/C18H23N3O4/c1-12-15(10-21-8-7-20(2)17(22)11-21)19-18(25-12)14-9-13(23-3)5-6-16(14)24-4/h5-6,9H,7-8,10-11H2,1-4H3. The van der Waals surface area contributed by atoms with Gasteiger partial charge in [-0.25, -0.2) is 4.98 Å². The molecule has 7 nitrogen and oxygen atoms in total. The smallest absolute Gasteiger partial charge is 0.236 e. The highest BCUT2D eigenvalue weighted by molar-refractivity contribution is 5.78. The fourth-order valence-corrected chi connectivity index (χ4v) is 2.83. The Morgan fingerprint density at radius 3 is 2.72 bits per heavy atom. The SMILES string of the molecule is COc1ccc(OC)c(-c2nc(CN3CCN(C)C(=O)C3)c(C)o2)c1. The van der Waals surface area contributed by atoms with Gasteiger partial charge in [-0.1, -0.05) is 0 Å². The van der Waals surface area contributed by atoms with Crippen LogP contribution in [-0.2, 0) is 11.3 Å². The quantitative estimate of drug-likeness (QED) is 0.825. The average molecular weight is 345 g/mol. The number of carbonyl (C=O) groups is 1. The predicted octanol–water partition coefficient (Wildman–Crippen LogP) is 1.94. The van der Waals surface area contributed by atoms with E-state index in [1.807, 2.05) is 32.2 Å². The lowest BCUT2D eigenvalue weighted by atomic mass is 10.2. The number of aromatic nitrogens is 1. The number of aryl methyl sites for hydroxylation is 1. The molecule has 0 bridgehead atoms. The molecule has 1 aromatic heterocycles. The van der Waals surface area contributed by atoms with E-state index in [9.17, 15) is 4.79 Å². The van der Waals surface area contributed by atoms with Crippen molar-refractivity contribution >= 4 is 5.91 Å². The Kier molecular flexibility index (Phi) is 4.94. The first-order valence-corrected chi connectivity index (χ1v) is 8.17. The van der Waals surface area contributed by atoms with E-state index in [0.717, 1.165) is 30.1 Å². The number of piperazine rings is 1. The van der Waals surface area contributed by atoms with Crippen LogP contribution in [0.5, 0.6) is 11.5 Å². The Balaban J connectivity index is 1.84. The third-order valence-electron chi connectivity index (χ3n) is 4.44. The molecule has 2 aromatic rings. The fraction of sp³-hybridized carbons (Fsp3) is 0.444. The number of nitrogens with zero attached hydrogens (tertiary/aromatic N) is 3. The van der Waals surface area contributed by atoms with Crippen LogP contribution < -0.4 is 9.47 Å². The number of methoxy groups -OCH3 is 2. The predicted molar refractivity (Wildman–Crippen MR) is 92.7 cm³/mol. The van der Waals surface area contributed by atoms with E-state index in [1.165, 1.54) is 0 Å². The maximum Gasteiger partial charge on any atom is 0.236 e. The molecule has 0 unspecified atom stereocenters. The van der Waals surface area contributed by atoms with Crippen LogP contribution in [-0.4, -0.2) is 61.6 Å². The van der Waals surface area contributed by atoms with E-state index >= 15 is 0 Å². The Morgan fingerprint density at radius 2 is 2.04 bits per heavy atom. The molecule has 0 aliphatic carbocycles. The van der Waals surface area contributed by atoms with Gasteiger partial charge in [0, 0.05) is 26.7 Å². The lowest BCUT2D eigenvalue weighted by molar-refractivity contribution is -0.134. The first-order chi connectivity index (χ1) is 12.0. The zero-order valence-electron chi connectivity index (χ0n) is 15.0. The maximum atomic E-state index is 11.9. The van der Waals surface area contributed by atoms with Crippen LogP contribution in [0.3, 0.4) is 0 Å². The van der Waals surface area contributed by atoms with Gasteiger partial charge in [-0.15, -0.1) is 0 Å². The summed E-state index contributed by atoms with van der Waals surface area (Å²) in [6.45, 7) is 4.43. The molecule has 1 amide bonds. The Bertz CT molecular complexity index is 772. The molecule has 3 rings (SSSR count). The number of hydrogen-bond acceptors (Lipinski definition) is 6. The van der Waals surface area contributed by atoms with Gasteiger partial charge in [0.2, 0.25) is 11.8 Å². The highest BCUT2D eigenvalue weighted by atomic mass is 16.5. The third kappa shape index (κ3) is 3.61. The van der Waals surface area contributed by atoms with E-state index in [0.29, 0.717) is 30.5 Å². The second-order valence-corrected chi connectivity index (χ2v) is 6.11. The van der Waals surface area contributed by atoms with Crippen molar-refractivity contribution in [2.75, 3.05) is 40.9 Å². The molecule has 1 aliphatic heterocycles. The van der Waals surface area contributed by atoms with Gasteiger partial charge in [0.15, 0.2) is 0 Å². The van der Waals surface area contributed by atoms with E-state index in [1.54, 1.807) is 19.1 Å². The van der Waals surface area contributed by atoms with Crippen molar-refractivity contribution in [2.24, 2.45) is 0 Å². The number of oxazole rings is 1. The van der Waals surface area contributed by atoms with Crippen molar-refractivity contribution in [1.82, 2.24) is 14.8 Å². The van der Waals surface area contributed by atoms with Crippen LogP contribution in [0.4, 0.5) is 0 Å². The molecule has 134 valence electrons. The number of ether oxygens (including phenoxy) is 2. The summed E-state index contributed by atoms with van der Waals surface area (Å²) >= 11 is 0. The molecule has 1 aliphatic rings. The van der Waals surface area contributed by atoms with Crippen molar-refractivity contribution < 1.29 is 18.7 Å². The van der Waals surface area contributed by atoms with Crippen LogP contribution in [0, 0.1) is 6.92 Å². The third-order valence-corrected chi connectivity index (χ3v) is 4.44. The molecular weight excluding hydrogens is 322 g/mol. The lowest BCUT2D eigenvalue weighted by Gasteiger charge is -2.31. The minimum Gasteiger partial charge on any atom is -0.497 e. The van der Waals surface area contributed by atoms with Gasteiger partial charge in [0.05, 0.1) is 32.0 Å². The summed E-state index contributed by atoms with van der Waals surface area (Å²) in [5, 5.41) is 0. The molecule has 0 saturated carbocycles. The Labute approximate surface area is 147 Å². The molecule has 0 spiro atoms. The normalized spacial score (nSPS) is 15.5. The van der Waals surface area contributed by atoms with Crippen molar-refractivity contribution in [1.29, 1.82) is 0 Å². The van der Waals surface area contributed by atoms with Crippen LogP contribution in [0.1, 0.15) is 11.5 Å². The van der Waals surface area contributed by atoms with Gasteiger partial charge in [-0.3, -0.25) is 9.69 Å². The Hall–Kier alpha value is -2.54. The largest absolute Gasteiger partial charge is 0.497 e. The van der Waals surface area contributed by atoms with Gasteiger partial charge in [-0.05, 0) is 25.1 Å². The minimum absolute atomic E-state index is 0.127. The van der Waals surface area contributed by atoms with Gasteiger partial charge in [-0.2, -0.15) is 0 Å². The number of carbonyl (C=O) groups excluding carboxylic acids is 1. The van der Waals surface area contributed by atoms with Gasteiger partial charge < -0.3 is 18.8 Å². The van der Waals surface area contributed by atoms with Crippen LogP contribution in [0.15, 0.2) is 22.6 Å². The van der Waals surface area contributed by atoms with E-state index in [-0.39, 0.29) is 5.91 Å². The molecule has 1 saturated heterocycles. The summed E-state index contributed by atoms with van der Waals surface area (Å²) < 4.78 is 16.6. The minimum atomic E-state index is 0.127. The monoisotopic (exact) mass is 345 g/mol. The number of likely N-dealkylation sites (N-methyl/N-ethyl adjacent to an activating group) is 1. The topological polar surface area (TPSA) is 68.0 Å². The van der Waals surface area contributed by atoms with Crippen molar-refractivity contribution in [3.8, 4) is 23.0 Å². The molecule has 1 fully saturated rings. The first kappa shape index (κ1) is 17.3. The summed E-state index contributed by atoms with van der Waals surface area (Å²) in [5.41, 5.74) is 1.57. The summed E-state index contributed by atoms with van der Waals surface area (Å²) in [7, 11) is 5.05. The van der Waals surface area contributed by atoms with Gasteiger partial charge in [0.1, 0.15) is 17.3 Å².